The van der Waals surface area contributed by atoms with Gasteiger partial charge in [-0.25, -0.2) is 4.98 Å². The number of hydrogen-bond donors (Lipinski definition) is 1. The average Bonchev–Trinajstić information content (AvgIpc) is 2.74. The van der Waals surface area contributed by atoms with E-state index in [-0.39, 0.29) is 18.3 Å². The van der Waals surface area contributed by atoms with Gasteiger partial charge in [0.25, 0.3) is 0 Å². The fourth-order valence-corrected chi connectivity index (χ4v) is 1.95. The summed E-state index contributed by atoms with van der Waals surface area (Å²) in [4.78, 5) is 26.8. The maximum absolute atomic E-state index is 11.4. The third-order valence-electron chi connectivity index (χ3n) is 2.00. The molecule has 1 N–H and O–H groups in total. The zero-order chi connectivity index (χ0) is 13.4. The number of amides is 1. The number of nitrogens with zero attached hydrogens (tertiary/aromatic N) is 1. The molecule has 5 nitrogen and oxygen atoms in total. The summed E-state index contributed by atoms with van der Waals surface area (Å²) in [6.45, 7) is 5.66. The van der Waals surface area contributed by atoms with Crippen molar-refractivity contribution in [1.29, 1.82) is 0 Å². The summed E-state index contributed by atoms with van der Waals surface area (Å²) in [6.07, 6.45) is 2.84. The highest BCUT2D eigenvalue weighted by atomic mass is 32.1. The van der Waals surface area contributed by atoms with Crippen molar-refractivity contribution in [2.45, 2.75) is 26.2 Å². The van der Waals surface area contributed by atoms with Crippen LogP contribution in [0.2, 0.25) is 0 Å². The first-order chi connectivity index (χ1) is 8.65. The summed E-state index contributed by atoms with van der Waals surface area (Å²) in [5.41, 5.74) is 0.609. The van der Waals surface area contributed by atoms with Gasteiger partial charge in [-0.15, -0.1) is 17.9 Å². The van der Waals surface area contributed by atoms with Crippen LogP contribution in [0.3, 0.4) is 0 Å². The van der Waals surface area contributed by atoms with E-state index in [1.165, 1.54) is 11.3 Å². The minimum absolute atomic E-state index is 0.105. The second-order valence-electron chi connectivity index (χ2n) is 3.50. The third kappa shape index (κ3) is 5.09. The molecule has 0 aliphatic rings. The molecule has 0 aliphatic heterocycles. The molecular weight excluding hydrogens is 252 g/mol. The zero-order valence-corrected chi connectivity index (χ0v) is 11.1. The van der Waals surface area contributed by atoms with Gasteiger partial charge in [0.15, 0.2) is 5.13 Å². The number of allylic oxidation sites excluding steroid dienone is 1. The lowest BCUT2D eigenvalue weighted by Gasteiger charge is -1.99. The second-order valence-corrected chi connectivity index (χ2v) is 4.36. The molecule has 0 bridgehead atoms. The highest BCUT2D eigenvalue weighted by Crippen LogP contribution is 2.16. The predicted molar refractivity (Wildman–Crippen MR) is 70.5 cm³/mol. The number of carbonyl (C=O) groups is 2. The summed E-state index contributed by atoms with van der Waals surface area (Å²) in [7, 11) is 0. The Morgan fingerprint density at radius 3 is 3.06 bits per heavy atom. The van der Waals surface area contributed by atoms with Crippen molar-refractivity contribution in [3.63, 3.8) is 0 Å². The van der Waals surface area contributed by atoms with Crippen LogP contribution in [-0.4, -0.2) is 23.5 Å². The molecule has 0 aromatic carbocycles. The Morgan fingerprint density at radius 1 is 1.61 bits per heavy atom. The van der Waals surface area contributed by atoms with Crippen LogP contribution in [-0.2, 0) is 20.7 Å². The third-order valence-corrected chi connectivity index (χ3v) is 2.81. The van der Waals surface area contributed by atoms with E-state index in [2.05, 4.69) is 16.9 Å². The molecule has 6 heteroatoms. The van der Waals surface area contributed by atoms with Gasteiger partial charge in [-0.05, 0) is 13.3 Å². The molecular formula is C12H16N2O3S. The minimum Gasteiger partial charge on any atom is -0.466 e. The Hall–Kier alpha value is -1.69. The molecule has 0 unspecified atom stereocenters. The van der Waals surface area contributed by atoms with Crippen LogP contribution in [0.1, 0.15) is 25.5 Å². The summed E-state index contributed by atoms with van der Waals surface area (Å²) >= 11 is 1.29. The Balaban J connectivity index is 2.45. The molecule has 0 saturated heterocycles. The number of nitrogens with one attached hydrogen (secondary N) is 1. The molecule has 0 spiro atoms. The van der Waals surface area contributed by atoms with E-state index in [1.54, 1.807) is 18.4 Å². The minimum atomic E-state index is -0.313. The number of thiazole rings is 1. The van der Waals surface area contributed by atoms with E-state index in [0.717, 1.165) is 0 Å². The van der Waals surface area contributed by atoms with E-state index in [4.69, 9.17) is 4.74 Å². The monoisotopic (exact) mass is 268 g/mol. The van der Waals surface area contributed by atoms with E-state index < -0.39 is 0 Å². The molecule has 1 rings (SSSR count). The van der Waals surface area contributed by atoms with Gasteiger partial charge < -0.3 is 10.1 Å². The lowest BCUT2D eigenvalue weighted by atomic mass is 10.3. The predicted octanol–water partition coefficient (Wildman–Crippen LogP) is 2.15. The highest BCUT2D eigenvalue weighted by Gasteiger charge is 2.09. The van der Waals surface area contributed by atoms with Gasteiger partial charge in [-0.1, -0.05) is 6.08 Å². The standard InChI is InChI=1S/C12H16N2O3S/c1-3-5-6-10(15)14-12-13-9(8-18-12)7-11(16)17-4-2/h3,8H,1,4-7H2,2H3,(H,13,14,15). The quantitative estimate of drug-likeness (QED) is 0.607. The summed E-state index contributed by atoms with van der Waals surface area (Å²) in [6, 6.07) is 0. The first-order valence-electron chi connectivity index (χ1n) is 5.66. The topological polar surface area (TPSA) is 68.3 Å². The highest BCUT2D eigenvalue weighted by molar-refractivity contribution is 7.13. The largest absolute Gasteiger partial charge is 0.466 e. The fraction of sp³-hybridized carbons (Fsp3) is 0.417. The molecule has 1 aromatic rings. The van der Waals surface area contributed by atoms with E-state index in [0.29, 0.717) is 30.3 Å². The molecule has 0 atom stereocenters. The van der Waals surface area contributed by atoms with Crippen LogP contribution in [0.15, 0.2) is 18.0 Å². The molecule has 0 fully saturated rings. The number of rotatable bonds is 7. The average molecular weight is 268 g/mol. The van der Waals surface area contributed by atoms with Crippen molar-refractivity contribution in [1.82, 2.24) is 4.98 Å². The van der Waals surface area contributed by atoms with Gasteiger partial charge in [0, 0.05) is 11.8 Å². The Morgan fingerprint density at radius 2 is 2.39 bits per heavy atom. The molecule has 1 aromatic heterocycles. The van der Waals surface area contributed by atoms with Gasteiger partial charge in [-0.3, -0.25) is 9.59 Å². The van der Waals surface area contributed by atoms with Gasteiger partial charge in [0.05, 0.1) is 18.7 Å². The number of aromatic nitrogens is 1. The molecule has 0 aliphatic carbocycles. The van der Waals surface area contributed by atoms with Crippen LogP contribution in [0, 0.1) is 0 Å². The SMILES string of the molecule is C=CCCC(=O)Nc1nc(CC(=O)OCC)cs1. The Kier molecular flexibility index (Phi) is 6.07. The van der Waals surface area contributed by atoms with Crippen LogP contribution in [0.5, 0.6) is 0 Å². The maximum Gasteiger partial charge on any atom is 0.311 e. The van der Waals surface area contributed by atoms with Gasteiger partial charge in [-0.2, -0.15) is 0 Å². The van der Waals surface area contributed by atoms with Crippen LogP contribution < -0.4 is 5.32 Å². The van der Waals surface area contributed by atoms with Crippen molar-refractivity contribution in [2.24, 2.45) is 0 Å². The maximum atomic E-state index is 11.4. The van der Waals surface area contributed by atoms with Crippen LogP contribution in [0.4, 0.5) is 5.13 Å². The first-order valence-corrected chi connectivity index (χ1v) is 6.54. The van der Waals surface area contributed by atoms with Crippen molar-refractivity contribution >= 4 is 28.3 Å². The Labute approximate surface area is 110 Å². The molecule has 1 amide bonds. The molecule has 1 heterocycles. The number of ether oxygens (including phenoxy) is 1. The summed E-state index contributed by atoms with van der Waals surface area (Å²) in [5.74, 6) is -0.417. The molecule has 0 radical (unpaired) electrons. The first kappa shape index (κ1) is 14.4. The van der Waals surface area contributed by atoms with E-state index in [1.807, 2.05) is 0 Å². The van der Waals surface area contributed by atoms with Gasteiger partial charge in [0.1, 0.15) is 0 Å². The van der Waals surface area contributed by atoms with Gasteiger partial charge >= 0.3 is 5.97 Å². The lowest BCUT2D eigenvalue weighted by molar-refractivity contribution is -0.142. The fourth-order valence-electron chi connectivity index (χ4n) is 1.22. The second kappa shape index (κ2) is 7.60. The summed E-state index contributed by atoms with van der Waals surface area (Å²) in [5, 5.41) is 4.91. The van der Waals surface area contributed by atoms with E-state index in [9.17, 15) is 9.59 Å². The zero-order valence-electron chi connectivity index (χ0n) is 10.3. The number of anilines is 1. The molecule has 0 saturated carbocycles. The molecule has 98 valence electrons. The smallest absolute Gasteiger partial charge is 0.311 e. The van der Waals surface area contributed by atoms with Crippen molar-refractivity contribution < 1.29 is 14.3 Å². The lowest BCUT2D eigenvalue weighted by Crippen LogP contribution is -2.11. The van der Waals surface area contributed by atoms with Crippen molar-refractivity contribution in [2.75, 3.05) is 11.9 Å². The van der Waals surface area contributed by atoms with Gasteiger partial charge in [0.2, 0.25) is 5.91 Å². The number of hydrogen-bond acceptors (Lipinski definition) is 5. The van der Waals surface area contributed by atoms with Crippen molar-refractivity contribution in [3.8, 4) is 0 Å². The Bertz CT molecular complexity index is 429. The normalized spacial score (nSPS) is 9.83. The number of carbonyl (C=O) groups excluding carboxylic acids is 2. The number of esters is 1. The van der Waals surface area contributed by atoms with Crippen molar-refractivity contribution in [3.05, 3.63) is 23.7 Å². The van der Waals surface area contributed by atoms with E-state index >= 15 is 0 Å². The molecule has 18 heavy (non-hydrogen) atoms. The summed E-state index contributed by atoms with van der Waals surface area (Å²) < 4.78 is 4.82. The van der Waals surface area contributed by atoms with Crippen LogP contribution >= 0.6 is 11.3 Å². The van der Waals surface area contributed by atoms with Crippen LogP contribution in [0.25, 0.3) is 0 Å².